The van der Waals surface area contributed by atoms with Gasteiger partial charge in [-0.15, -0.1) is 0 Å². The summed E-state index contributed by atoms with van der Waals surface area (Å²) in [5.74, 6) is 0.746. The Morgan fingerprint density at radius 2 is 1.95 bits per heavy atom. The van der Waals surface area contributed by atoms with Crippen LogP contribution in [0.2, 0.25) is 0 Å². The highest BCUT2D eigenvalue weighted by molar-refractivity contribution is 5.59. The van der Waals surface area contributed by atoms with E-state index in [4.69, 9.17) is 4.74 Å². The van der Waals surface area contributed by atoms with Gasteiger partial charge in [0.25, 0.3) is 0 Å². The van der Waals surface area contributed by atoms with E-state index in [0.717, 1.165) is 45.2 Å². The Morgan fingerprint density at radius 1 is 1.21 bits per heavy atom. The highest BCUT2D eigenvalue weighted by Gasteiger charge is 2.39. The Balaban J connectivity index is 1.83. The fourth-order valence-corrected chi connectivity index (χ4v) is 3.24. The first-order valence-corrected chi connectivity index (χ1v) is 7.63. The lowest BCUT2D eigenvalue weighted by atomic mass is 9.89. The van der Waals surface area contributed by atoms with Crippen LogP contribution in [0, 0.1) is 5.92 Å². The molecule has 2 fully saturated rings. The maximum absolute atomic E-state index is 6.17. The Labute approximate surface area is 117 Å². The number of morpholine rings is 1. The van der Waals surface area contributed by atoms with Crippen LogP contribution in [-0.4, -0.2) is 74.5 Å². The normalized spacial score (nSPS) is 25.7. The smallest absolute Gasteiger partial charge is 0.0833 e. The van der Waals surface area contributed by atoms with Gasteiger partial charge in [-0.2, -0.15) is 0 Å². The third kappa shape index (κ3) is 4.26. The van der Waals surface area contributed by atoms with E-state index in [1.54, 1.807) is 0 Å². The molecule has 2 aliphatic rings. The molecule has 0 amide bonds. The molecule has 0 saturated carbocycles. The third-order valence-corrected chi connectivity index (χ3v) is 4.24. The quantitative estimate of drug-likeness (QED) is 0.723. The molecule has 1 spiro atoms. The summed E-state index contributed by atoms with van der Waals surface area (Å²) in [6.07, 6.45) is 4.34. The minimum atomic E-state index is 0.132. The Kier molecular flexibility index (Phi) is 5.37. The summed E-state index contributed by atoms with van der Waals surface area (Å²) in [4.78, 5) is 9.14. The summed E-state index contributed by atoms with van der Waals surface area (Å²) in [6.45, 7) is 12.2. The first kappa shape index (κ1) is 14.9. The van der Waals surface area contributed by atoms with Crippen molar-refractivity contribution >= 4 is 6.21 Å². The van der Waals surface area contributed by atoms with E-state index in [2.05, 4.69) is 28.6 Å². The molecule has 0 bridgehead atoms. The van der Waals surface area contributed by atoms with Crippen LogP contribution in [-0.2, 0) is 4.74 Å². The molecule has 0 aromatic carbocycles. The van der Waals surface area contributed by atoms with Gasteiger partial charge in [-0.25, -0.2) is 0 Å². The van der Waals surface area contributed by atoms with E-state index < -0.39 is 0 Å². The highest BCUT2D eigenvalue weighted by Crippen LogP contribution is 2.30. The molecule has 4 nitrogen and oxygen atoms in total. The van der Waals surface area contributed by atoms with Crippen LogP contribution in [0.5, 0.6) is 0 Å². The Hall–Kier alpha value is -0.450. The van der Waals surface area contributed by atoms with E-state index >= 15 is 0 Å². The zero-order valence-electron chi connectivity index (χ0n) is 12.8. The highest BCUT2D eigenvalue weighted by atomic mass is 16.5. The molecule has 2 heterocycles. The van der Waals surface area contributed by atoms with E-state index in [-0.39, 0.29) is 5.60 Å². The average molecular weight is 267 g/mol. The molecule has 2 aliphatic heterocycles. The van der Waals surface area contributed by atoms with Gasteiger partial charge in [-0.3, -0.25) is 14.8 Å². The number of piperidine rings is 1. The van der Waals surface area contributed by atoms with Gasteiger partial charge in [-0.05, 0) is 18.8 Å². The summed E-state index contributed by atoms with van der Waals surface area (Å²) in [5, 5.41) is 0. The minimum absolute atomic E-state index is 0.132. The van der Waals surface area contributed by atoms with Gasteiger partial charge in [-0.1, -0.05) is 13.8 Å². The summed E-state index contributed by atoms with van der Waals surface area (Å²) >= 11 is 0. The van der Waals surface area contributed by atoms with Gasteiger partial charge in [0, 0.05) is 52.5 Å². The predicted octanol–water partition coefficient (Wildman–Crippen LogP) is 1.51. The zero-order chi connectivity index (χ0) is 13.7. The second kappa shape index (κ2) is 6.82. The van der Waals surface area contributed by atoms with Crippen LogP contribution in [0.1, 0.15) is 26.7 Å². The summed E-state index contributed by atoms with van der Waals surface area (Å²) in [5.41, 5.74) is 0.132. The third-order valence-electron chi connectivity index (χ3n) is 4.24. The molecule has 0 N–H and O–H groups in total. The second-order valence-corrected chi connectivity index (χ2v) is 6.40. The summed E-state index contributed by atoms with van der Waals surface area (Å²) in [6, 6.07) is 0. The molecule has 4 heteroatoms. The zero-order valence-corrected chi connectivity index (χ0v) is 12.8. The number of nitrogens with zero attached hydrogens (tertiary/aromatic N) is 3. The predicted molar refractivity (Wildman–Crippen MR) is 80.1 cm³/mol. The van der Waals surface area contributed by atoms with Gasteiger partial charge in [0.1, 0.15) is 0 Å². The minimum Gasteiger partial charge on any atom is -0.372 e. The van der Waals surface area contributed by atoms with Gasteiger partial charge in [0.2, 0.25) is 0 Å². The Morgan fingerprint density at radius 3 is 2.58 bits per heavy atom. The number of hydrogen-bond donors (Lipinski definition) is 0. The van der Waals surface area contributed by atoms with E-state index in [1.165, 1.54) is 19.4 Å². The lowest BCUT2D eigenvalue weighted by molar-refractivity contribution is -0.136. The second-order valence-electron chi connectivity index (χ2n) is 6.40. The van der Waals surface area contributed by atoms with Crippen LogP contribution >= 0.6 is 0 Å². The first-order chi connectivity index (χ1) is 9.13. The fourth-order valence-electron chi connectivity index (χ4n) is 3.24. The molecule has 0 aromatic heterocycles. The molecular formula is C15H29N3O. The van der Waals surface area contributed by atoms with E-state index in [1.807, 2.05) is 13.3 Å². The van der Waals surface area contributed by atoms with Gasteiger partial charge in [0.15, 0.2) is 0 Å². The van der Waals surface area contributed by atoms with Crippen LogP contribution in [0.4, 0.5) is 0 Å². The van der Waals surface area contributed by atoms with Gasteiger partial charge >= 0.3 is 0 Å². The van der Waals surface area contributed by atoms with Crippen molar-refractivity contribution in [2.45, 2.75) is 32.3 Å². The SMILES string of the molecule is CN=CCN1CCC2(CC1)CN(CC(C)C)CCO2. The molecule has 0 radical (unpaired) electrons. The molecule has 2 rings (SSSR count). The van der Waals surface area contributed by atoms with E-state index in [9.17, 15) is 0 Å². The summed E-state index contributed by atoms with van der Waals surface area (Å²) < 4.78 is 6.17. The maximum atomic E-state index is 6.17. The van der Waals surface area contributed by atoms with Crippen molar-refractivity contribution in [2.24, 2.45) is 10.9 Å². The van der Waals surface area contributed by atoms with Crippen molar-refractivity contribution in [2.75, 3.05) is 52.9 Å². The average Bonchev–Trinajstić information content (AvgIpc) is 2.38. The lowest BCUT2D eigenvalue weighted by Gasteiger charge is -2.47. The molecule has 0 atom stereocenters. The largest absolute Gasteiger partial charge is 0.372 e. The molecule has 19 heavy (non-hydrogen) atoms. The van der Waals surface area contributed by atoms with Crippen molar-refractivity contribution in [1.82, 2.24) is 9.80 Å². The van der Waals surface area contributed by atoms with Crippen molar-refractivity contribution in [3.05, 3.63) is 0 Å². The topological polar surface area (TPSA) is 28.1 Å². The first-order valence-electron chi connectivity index (χ1n) is 7.63. The lowest BCUT2D eigenvalue weighted by Crippen LogP contribution is -2.57. The van der Waals surface area contributed by atoms with Crippen molar-refractivity contribution in [1.29, 1.82) is 0 Å². The molecule has 0 aliphatic carbocycles. The Bertz CT molecular complexity index is 296. The molecule has 0 aromatic rings. The molecule has 2 saturated heterocycles. The van der Waals surface area contributed by atoms with E-state index in [0.29, 0.717) is 0 Å². The molecular weight excluding hydrogens is 238 g/mol. The fraction of sp³-hybridized carbons (Fsp3) is 0.933. The van der Waals surface area contributed by atoms with Gasteiger partial charge in [0.05, 0.1) is 12.2 Å². The van der Waals surface area contributed by atoms with Crippen molar-refractivity contribution < 1.29 is 4.74 Å². The summed E-state index contributed by atoms with van der Waals surface area (Å²) in [7, 11) is 1.85. The number of hydrogen-bond acceptors (Lipinski definition) is 4. The van der Waals surface area contributed by atoms with Crippen LogP contribution in [0.25, 0.3) is 0 Å². The van der Waals surface area contributed by atoms with Crippen LogP contribution in [0.3, 0.4) is 0 Å². The van der Waals surface area contributed by atoms with Crippen molar-refractivity contribution in [3.8, 4) is 0 Å². The number of ether oxygens (including phenoxy) is 1. The van der Waals surface area contributed by atoms with Crippen LogP contribution < -0.4 is 0 Å². The standard InChI is InChI=1S/C15H29N3O/c1-14(2)12-18-10-11-19-15(13-18)4-7-17(8-5-15)9-6-16-3/h6,14H,4-5,7-13H2,1-3H3. The number of rotatable bonds is 4. The number of aliphatic imine (C=N–C) groups is 1. The number of likely N-dealkylation sites (tertiary alicyclic amines) is 1. The van der Waals surface area contributed by atoms with Crippen LogP contribution in [0.15, 0.2) is 4.99 Å². The maximum Gasteiger partial charge on any atom is 0.0833 e. The monoisotopic (exact) mass is 267 g/mol. The molecule has 110 valence electrons. The van der Waals surface area contributed by atoms with Crippen molar-refractivity contribution in [3.63, 3.8) is 0 Å². The molecule has 0 unspecified atom stereocenters. The van der Waals surface area contributed by atoms with Gasteiger partial charge < -0.3 is 4.74 Å².